The van der Waals surface area contributed by atoms with E-state index in [2.05, 4.69) is 27.0 Å². The van der Waals surface area contributed by atoms with Crippen molar-refractivity contribution in [2.75, 3.05) is 20.2 Å². The van der Waals surface area contributed by atoms with Gasteiger partial charge >= 0.3 is 0 Å². The van der Waals surface area contributed by atoms with Gasteiger partial charge in [-0.1, -0.05) is 15.9 Å². The van der Waals surface area contributed by atoms with Crippen molar-refractivity contribution in [3.05, 3.63) is 52.1 Å². The van der Waals surface area contributed by atoms with Gasteiger partial charge in [-0.3, -0.25) is 4.79 Å². The fourth-order valence-corrected chi connectivity index (χ4v) is 3.94. The molecule has 1 aromatic carbocycles. The maximum atomic E-state index is 12.3. The monoisotopic (exact) mass is 406 g/mol. The molecule has 126 valence electrons. The van der Waals surface area contributed by atoms with E-state index in [9.17, 15) is 4.79 Å². The van der Waals surface area contributed by atoms with Crippen LogP contribution < -0.4 is 4.74 Å². The highest BCUT2D eigenvalue weighted by atomic mass is 79.9. The van der Waals surface area contributed by atoms with Crippen molar-refractivity contribution in [3.63, 3.8) is 0 Å². The van der Waals surface area contributed by atoms with E-state index in [1.54, 1.807) is 25.1 Å². The number of hydrogen-bond acceptors (Lipinski definition) is 4. The highest BCUT2D eigenvalue weighted by Crippen LogP contribution is 2.29. The van der Waals surface area contributed by atoms with Gasteiger partial charge in [0, 0.05) is 35.1 Å². The number of ether oxygens (including phenoxy) is 1. The third-order valence-electron chi connectivity index (χ3n) is 3.99. The van der Waals surface area contributed by atoms with Gasteiger partial charge in [0.25, 0.3) is 5.91 Å². The lowest BCUT2D eigenvalue weighted by atomic mass is 10.2. The van der Waals surface area contributed by atoms with Crippen LogP contribution in [-0.2, 0) is 5.75 Å². The van der Waals surface area contributed by atoms with E-state index in [1.165, 1.54) is 0 Å². The van der Waals surface area contributed by atoms with Crippen LogP contribution in [0.5, 0.6) is 5.75 Å². The van der Waals surface area contributed by atoms with Crippen LogP contribution in [0.1, 0.15) is 28.8 Å². The number of pyridine rings is 1. The zero-order valence-electron chi connectivity index (χ0n) is 13.5. The molecule has 0 unspecified atom stereocenters. The van der Waals surface area contributed by atoms with Crippen molar-refractivity contribution < 1.29 is 9.53 Å². The number of amides is 1. The van der Waals surface area contributed by atoms with E-state index < -0.39 is 0 Å². The fourth-order valence-electron chi connectivity index (χ4n) is 2.71. The van der Waals surface area contributed by atoms with Crippen LogP contribution >= 0.6 is 27.7 Å². The molecule has 1 aromatic heterocycles. The van der Waals surface area contributed by atoms with E-state index >= 15 is 0 Å². The molecule has 0 N–H and O–H groups in total. The van der Waals surface area contributed by atoms with Crippen molar-refractivity contribution in [2.45, 2.75) is 23.6 Å². The Bertz CT molecular complexity index is 715. The summed E-state index contributed by atoms with van der Waals surface area (Å²) in [7, 11) is 1.68. The Kier molecular flexibility index (Phi) is 5.79. The molecule has 0 bridgehead atoms. The predicted molar refractivity (Wildman–Crippen MR) is 99.6 cm³/mol. The molecule has 1 aliphatic heterocycles. The van der Waals surface area contributed by atoms with Crippen LogP contribution in [0.25, 0.3) is 0 Å². The number of rotatable bonds is 5. The number of thioether (sulfide) groups is 1. The first-order chi connectivity index (χ1) is 11.7. The molecular formula is C18H19BrN2O2S. The zero-order valence-corrected chi connectivity index (χ0v) is 15.9. The molecule has 24 heavy (non-hydrogen) atoms. The van der Waals surface area contributed by atoms with Crippen LogP contribution in [0, 0.1) is 0 Å². The Balaban J connectivity index is 1.64. The Morgan fingerprint density at radius 1 is 1.29 bits per heavy atom. The number of halogens is 1. The average molecular weight is 407 g/mol. The summed E-state index contributed by atoms with van der Waals surface area (Å²) in [6.07, 6.45) is 3.88. The van der Waals surface area contributed by atoms with Gasteiger partial charge in [-0.25, -0.2) is 4.98 Å². The molecule has 0 aliphatic carbocycles. The summed E-state index contributed by atoms with van der Waals surface area (Å²) in [4.78, 5) is 18.6. The summed E-state index contributed by atoms with van der Waals surface area (Å²) in [6.45, 7) is 1.72. The summed E-state index contributed by atoms with van der Waals surface area (Å²) in [6, 6.07) is 9.75. The van der Waals surface area contributed by atoms with Gasteiger partial charge in [-0.05, 0) is 43.2 Å². The fraction of sp³-hybridized carbons (Fsp3) is 0.333. The Morgan fingerprint density at radius 3 is 2.75 bits per heavy atom. The number of hydrogen-bond donors (Lipinski definition) is 0. The number of benzene rings is 1. The average Bonchev–Trinajstić information content (AvgIpc) is 3.14. The van der Waals surface area contributed by atoms with Gasteiger partial charge in [-0.2, -0.15) is 0 Å². The first kappa shape index (κ1) is 17.3. The normalized spacial score (nSPS) is 14.0. The van der Waals surface area contributed by atoms with Gasteiger partial charge < -0.3 is 9.64 Å². The number of nitrogens with zero attached hydrogens (tertiary/aromatic N) is 2. The zero-order chi connectivity index (χ0) is 16.9. The number of carbonyl (C=O) groups is 1. The molecule has 6 heteroatoms. The molecule has 1 fully saturated rings. The maximum Gasteiger partial charge on any atom is 0.255 e. The van der Waals surface area contributed by atoms with Crippen molar-refractivity contribution in [2.24, 2.45) is 0 Å². The highest BCUT2D eigenvalue weighted by Gasteiger charge is 2.19. The minimum Gasteiger partial charge on any atom is -0.496 e. The van der Waals surface area contributed by atoms with Gasteiger partial charge in [0.2, 0.25) is 0 Å². The lowest BCUT2D eigenvalue weighted by Gasteiger charge is -2.15. The number of aromatic nitrogens is 1. The first-order valence-corrected chi connectivity index (χ1v) is 9.66. The minimum atomic E-state index is 0.0882. The summed E-state index contributed by atoms with van der Waals surface area (Å²) in [5.74, 6) is 1.71. The first-order valence-electron chi connectivity index (χ1n) is 7.88. The Hall–Kier alpha value is -1.53. The van der Waals surface area contributed by atoms with Crippen molar-refractivity contribution in [1.29, 1.82) is 0 Å². The van der Waals surface area contributed by atoms with E-state index in [4.69, 9.17) is 4.74 Å². The SMILES string of the molecule is COc1ccc(Br)cc1CSc1ccc(C(=O)N2CCCC2)cn1. The molecule has 1 aliphatic rings. The van der Waals surface area contributed by atoms with Crippen molar-refractivity contribution >= 4 is 33.6 Å². The van der Waals surface area contributed by atoms with Gasteiger partial charge in [-0.15, -0.1) is 11.8 Å². The van der Waals surface area contributed by atoms with Crippen LogP contribution in [-0.4, -0.2) is 36.0 Å². The van der Waals surface area contributed by atoms with E-state index in [-0.39, 0.29) is 5.91 Å². The molecule has 2 heterocycles. The topological polar surface area (TPSA) is 42.4 Å². The molecule has 1 saturated heterocycles. The number of carbonyl (C=O) groups excluding carboxylic acids is 1. The van der Waals surface area contributed by atoms with Gasteiger partial charge in [0.05, 0.1) is 17.7 Å². The van der Waals surface area contributed by atoms with E-state index in [0.717, 1.165) is 52.5 Å². The minimum absolute atomic E-state index is 0.0882. The smallest absolute Gasteiger partial charge is 0.255 e. The largest absolute Gasteiger partial charge is 0.496 e. The second-order valence-corrected chi connectivity index (χ2v) is 7.54. The van der Waals surface area contributed by atoms with Crippen molar-refractivity contribution in [3.8, 4) is 5.75 Å². The lowest BCUT2D eigenvalue weighted by Crippen LogP contribution is -2.27. The predicted octanol–water partition coefficient (Wildman–Crippen LogP) is 4.38. The van der Waals surface area contributed by atoms with Crippen LogP contribution in [0.2, 0.25) is 0 Å². The summed E-state index contributed by atoms with van der Waals surface area (Å²) >= 11 is 5.11. The summed E-state index contributed by atoms with van der Waals surface area (Å²) < 4.78 is 6.42. The molecule has 2 aromatic rings. The maximum absolute atomic E-state index is 12.3. The molecule has 3 rings (SSSR count). The molecule has 4 nitrogen and oxygen atoms in total. The lowest BCUT2D eigenvalue weighted by molar-refractivity contribution is 0.0792. The second kappa shape index (κ2) is 8.03. The quantitative estimate of drug-likeness (QED) is 0.690. The van der Waals surface area contributed by atoms with Crippen LogP contribution in [0.15, 0.2) is 46.0 Å². The van der Waals surface area contributed by atoms with E-state index in [0.29, 0.717) is 5.56 Å². The molecule has 0 saturated carbocycles. The molecule has 0 radical (unpaired) electrons. The third-order valence-corrected chi connectivity index (χ3v) is 5.48. The van der Waals surface area contributed by atoms with Gasteiger partial charge in [0.15, 0.2) is 0 Å². The molecule has 1 amide bonds. The van der Waals surface area contributed by atoms with Crippen LogP contribution in [0.3, 0.4) is 0 Å². The standard InChI is InChI=1S/C18H19BrN2O2S/c1-23-16-6-5-15(19)10-14(16)12-24-17-7-4-13(11-20-17)18(22)21-8-2-3-9-21/h4-7,10-11H,2-3,8-9,12H2,1H3. The third kappa shape index (κ3) is 4.11. The summed E-state index contributed by atoms with van der Waals surface area (Å²) in [5, 5.41) is 0.898. The Labute approximate surface area is 154 Å². The highest BCUT2D eigenvalue weighted by molar-refractivity contribution is 9.10. The molecular weight excluding hydrogens is 388 g/mol. The second-order valence-electron chi connectivity index (χ2n) is 5.63. The van der Waals surface area contributed by atoms with Crippen LogP contribution in [0.4, 0.5) is 0 Å². The van der Waals surface area contributed by atoms with Crippen molar-refractivity contribution in [1.82, 2.24) is 9.88 Å². The molecule has 0 atom stereocenters. The number of methoxy groups -OCH3 is 1. The summed E-state index contributed by atoms with van der Waals surface area (Å²) in [5.41, 5.74) is 1.78. The number of likely N-dealkylation sites (tertiary alicyclic amines) is 1. The van der Waals surface area contributed by atoms with E-state index in [1.807, 2.05) is 29.2 Å². The molecule has 0 spiro atoms. The van der Waals surface area contributed by atoms with Gasteiger partial charge in [0.1, 0.15) is 5.75 Å². The Morgan fingerprint density at radius 2 is 2.08 bits per heavy atom.